The number of aromatic amines is 2. The van der Waals surface area contributed by atoms with E-state index in [4.69, 9.17) is 0 Å². The minimum Gasteiger partial charge on any atom is -0.478 e. The van der Waals surface area contributed by atoms with Gasteiger partial charge in [-0.05, 0) is 41.1 Å². The molecule has 0 bridgehead atoms. The van der Waals surface area contributed by atoms with Crippen LogP contribution < -0.4 is 16.4 Å². The summed E-state index contributed by atoms with van der Waals surface area (Å²) in [7, 11) is 0. The lowest BCUT2D eigenvalue weighted by Crippen LogP contribution is -2.29. The van der Waals surface area contributed by atoms with Crippen molar-refractivity contribution >= 4 is 56.6 Å². The highest BCUT2D eigenvalue weighted by atomic mass is 16.4. The molecular weight excluding hydrogens is 414 g/mol. The number of Topliss-reactive ketones (excluding diaryl/α,β-unsaturated/α-hetero) is 1. The smallest absolute Gasteiger partial charge is 0.337 e. The SMILES string of the molecule is CC(=O)/C(=N/Nc1cc2ccccc2cc1C(=O)O)C(=O)Nc1ccc2[nH]c(=O)[nH]c2c1. The molecule has 0 atom stereocenters. The Morgan fingerprint density at radius 3 is 2.31 bits per heavy atom. The molecule has 1 aromatic heterocycles. The first-order valence-corrected chi connectivity index (χ1v) is 9.46. The molecule has 160 valence electrons. The molecule has 3 aromatic carbocycles. The number of hydrazone groups is 1. The van der Waals surface area contributed by atoms with E-state index in [9.17, 15) is 24.3 Å². The number of carboxylic acid groups (broad SMARTS) is 1. The molecule has 4 rings (SSSR count). The zero-order valence-electron chi connectivity index (χ0n) is 16.7. The van der Waals surface area contributed by atoms with Crippen LogP contribution in [0.1, 0.15) is 17.3 Å². The molecule has 1 amide bonds. The van der Waals surface area contributed by atoms with Gasteiger partial charge in [0, 0.05) is 12.6 Å². The van der Waals surface area contributed by atoms with Gasteiger partial charge in [-0.3, -0.25) is 15.0 Å². The number of anilines is 2. The van der Waals surface area contributed by atoms with Gasteiger partial charge in [-0.15, -0.1) is 0 Å². The first-order valence-electron chi connectivity index (χ1n) is 9.46. The number of aromatic nitrogens is 2. The van der Waals surface area contributed by atoms with Crippen LogP contribution in [0, 0.1) is 0 Å². The number of amides is 1. The third-order valence-corrected chi connectivity index (χ3v) is 4.73. The van der Waals surface area contributed by atoms with Crippen LogP contribution in [-0.2, 0) is 9.59 Å². The highest BCUT2D eigenvalue weighted by Crippen LogP contribution is 2.24. The number of carbonyl (C=O) groups is 3. The summed E-state index contributed by atoms with van der Waals surface area (Å²) in [6.45, 7) is 1.17. The van der Waals surface area contributed by atoms with Crippen LogP contribution in [0.2, 0.25) is 0 Å². The molecule has 10 heteroatoms. The average molecular weight is 431 g/mol. The summed E-state index contributed by atoms with van der Waals surface area (Å²) in [6.07, 6.45) is 0. The summed E-state index contributed by atoms with van der Waals surface area (Å²) < 4.78 is 0. The van der Waals surface area contributed by atoms with Crippen LogP contribution >= 0.6 is 0 Å². The van der Waals surface area contributed by atoms with Crippen molar-refractivity contribution in [1.82, 2.24) is 9.97 Å². The molecule has 0 aliphatic heterocycles. The summed E-state index contributed by atoms with van der Waals surface area (Å²) in [5.41, 5.74) is 3.16. The Morgan fingerprint density at radius 2 is 1.62 bits per heavy atom. The van der Waals surface area contributed by atoms with Gasteiger partial charge < -0.3 is 20.4 Å². The molecule has 0 unspecified atom stereocenters. The predicted molar refractivity (Wildman–Crippen MR) is 120 cm³/mol. The number of ketones is 1. The third kappa shape index (κ3) is 4.10. The summed E-state index contributed by atoms with van der Waals surface area (Å²) >= 11 is 0. The van der Waals surface area contributed by atoms with Crippen molar-refractivity contribution in [2.24, 2.45) is 5.10 Å². The molecule has 0 saturated heterocycles. The van der Waals surface area contributed by atoms with E-state index in [1.807, 2.05) is 0 Å². The second kappa shape index (κ2) is 8.19. The maximum absolute atomic E-state index is 12.6. The number of fused-ring (bicyclic) bond motifs is 2. The second-order valence-electron chi connectivity index (χ2n) is 6.97. The lowest BCUT2D eigenvalue weighted by Gasteiger charge is -2.10. The predicted octanol–water partition coefficient (Wildman–Crippen LogP) is 2.70. The first-order chi connectivity index (χ1) is 15.3. The lowest BCUT2D eigenvalue weighted by atomic mass is 10.1. The van der Waals surface area contributed by atoms with E-state index in [0.29, 0.717) is 16.7 Å². The second-order valence-corrected chi connectivity index (χ2v) is 6.97. The summed E-state index contributed by atoms with van der Waals surface area (Å²) in [6, 6.07) is 14.9. The van der Waals surface area contributed by atoms with Gasteiger partial charge in [-0.1, -0.05) is 24.3 Å². The van der Waals surface area contributed by atoms with E-state index in [-0.39, 0.29) is 16.9 Å². The van der Waals surface area contributed by atoms with Crippen molar-refractivity contribution < 1.29 is 19.5 Å². The monoisotopic (exact) mass is 431 g/mol. The highest BCUT2D eigenvalue weighted by Gasteiger charge is 2.19. The van der Waals surface area contributed by atoms with Gasteiger partial charge in [0.05, 0.1) is 22.3 Å². The van der Waals surface area contributed by atoms with Crippen LogP contribution in [0.3, 0.4) is 0 Å². The average Bonchev–Trinajstić information content (AvgIpc) is 3.12. The molecule has 10 nitrogen and oxygen atoms in total. The Labute approximate surface area is 180 Å². The maximum atomic E-state index is 12.6. The molecule has 1 heterocycles. The number of nitrogens with one attached hydrogen (secondary N) is 4. The van der Waals surface area contributed by atoms with Crippen molar-refractivity contribution in [1.29, 1.82) is 0 Å². The molecule has 0 aliphatic rings. The van der Waals surface area contributed by atoms with Crippen molar-refractivity contribution in [2.75, 3.05) is 10.7 Å². The fourth-order valence-corrected chi connectivity index (χ4v) is 3.22. The van der Waals surface area contributed by atoms with E-state index in [1.165, 1.54) is 19.1 Å². The van der Waals surface area contributed by atoms with Gasteiger partial charge in [0.1, 0.15) is 0 Å². The first kappa shape index (κ1) is 20.5. The number of nitrogens with zero attached hydrogens (tertiary/aromatic N) is 1. The number of imidazole rings is 1. The number of carboxylic acids is 1. The van der Waals surface area contributed by atoms with Gasteiger partial charge in [-0.2, -0.15) is 5.10 Å². The van der Waals surface area contributed by atoms with Crippen LogP contribution in [0.15, 0.2) is 64.5 Å². The molecule has 0 spiro atoms. The minimum atomic E-state index is -1.18. The maximum Gasteiger partial charge on any atom is 0.337 e. The quantitative estimate of drug-likeness (QED) is 0.179. The summed E-state index contributed by atoms with van der Waals surface area (Å²) in [4.78, 5) is 52.9. The Bertz CT molecular complexity index is 1480. The molecule has 0 fully saturated rings. The molecule has 0 saturated carbocycles. The Kier molecular flexibility index (Phi) is 5.25. The number of H-pyrrole nitrogens is 2. The van der Waals surface area contributed by atoms with Gasteiger partial charge in [0.2, 0.25) is 0 Å². The van der Waals surface area contributed by atoms with Crippen molar-refractivity contribution in [3.8, 4) is 0 Å². The van der Waals surface area contributed by atoms with Crippen LogP contribution in [0.4, 0.5) is 11.4 Å². The lowest BCUT2D eigenvalue weighted by molar-refractivity contribution is -0.114. The van der Waals surface area contributed by atoms with Crippen LogP contribution in [0.25, 0.3) is 21.8 Å². The van der Waals surface area contributed by atoms with E-state index in [0.717, 1.165) is 10.8 Å². The summed E-state index contributed by atoms with van der Waals surface area (Å²) in [5.74, 6) is -2.60. The highest BCUT2D eigenvalue weighted by molar-refractivity contribution is 6.67. The van der Waals surface area contributed by atoms with E-state index < -0.39 is 23.4 Å². The van der Waals surface area contributed by atoms with Crippen molar-refractivity contribution in [2.45, 2.75) is 6.92 Å². The molecular formula is C22H17N5O5. The largest absolute Gasteiger partial charge is 0.478 e. The summed E-state index contributed by atoms with van der Waals surface area (Å²) in [5, 5.41) is 17.4. The molecule has 5 N–H and O–H groups in total. The fourth-order valence-electron chi connectivity index (χ4n) is 3.22. The van der Waals surface area contributed by atoms with Gasteiger partial charge in [-0.25, -0.2) is 9.59 Å². The van der Waals surface area contributed by atoms with E-state index >= 15 is 0 Å². The Hall–Kier alpha value is -4.73. The van der Waals surface area contributed by atoms with Gasteiger partial charge >= 0.3 is 11.7 Å². The normalized spacial score (nSPS) is 11.5. The molecule has 0 radical (unpaired) electrons. The van der Waals surface area contributed by atoms with Crippen LogP contribution in [-0.4, -0.2) is 38.4 Å². The fraction of sp³-hybridized carbons (Fsp3) is 0.0455. The number of carbonyl (C=O) groups excluding carboxylic acids is 2. The molecule has 4 aromatic rings. The van der Waals surface area contributed by atoms with E-state index in [2.05, 4.69) is 25.8 Å². The minimum absolute atomic E-state index is 0.0578. The van der Waals surface area contributed by atoms with Crippen molar-refractivity contribution in [3.05, 3.63) is 70.6 Å². The number of hydrogen-bond donors (Lipinski definition) is 5. The van der Waals surface area contributed by atoms with Gasteiger partial charge in [0.15, 0.2) is 11.5 Å². The standard InChI is InChI=1S/C22H17N5O5/c1-11(28)19(20(29)23-14-6-7-16-18(10-14)25-22(32)24-16)27-26-17-9-13-5-3-2-4-12(13)8-15(17)21(30)31/h2-10,26H,1H3,(H,23,29)(H,30,31)(H2,24,25,32)/b27-19-. The third-order valence-electron chi connectivity index (χ3n) is 4.73. The number of hydrogen-bond acceptors (Lipinski definition) is 6. The van der Waals surface area contributed by atoms with Crippen molar-refractivity contribution in [3.63, 3.8) is 0 Å². The number of rotatable bonds is 6. The van der Waals surface area contributed by atoms with E-state index in [1.54, 1.807) is 42.5 Å². The molecule has 32 heavy (non-hydrogen) atoms. The van der Waals surface area contributed by atoms with Crippen LogP contribution in [0.5, 0.6) is 0 Å². The molecule has 0 aliphatic carbocycles. The number of benzene rings is 3. The Balaban J connectivity index is 1.63. The zero-order chi connectivity index (χ0) is 22.8. The Morgan fingerprint density at radius 1 is 0.938 bits per heavy atom. The topological polar surface area (TPSA) is 157 Å². The van der Waals surface area contributed by atoms with Gasteiger partial charge in [0.25, 0.3) is 5.91 Å². The zero-order valence-corrected chi connectivity index (χ0v) is 16.7. The number of aromatic carboxylic acids is 1.